The summed E-state index contributed by atoms with van der Waals surface area (Å²) in [5.41, 5.74) is -0.0159. The van der Waals surface area contributed by atoms with Crippen LogP contribution in [0.5, 0.6) is 0 Å². The van der Waals surface area contributed by atoms with E-state index in [2.05, 4.69) is 5.32 Å². The number of carbonyl (C=O) groups excluding carboxylic acids is 1. The van der Waals surface area contributed by atoms with E-state index in [1.54, 1.807) is 19.1 Å². The smallest absolute Gasteiger partial charge is 0.254 e. The van der Waals surface area contributed by atoms with E-state index in [0.717, 1.165) is 0 Å². The molecular weight excluding hydrogens is 233 g/mol. The van der Waals surface area contributed by atoms with Gasteiger partial charge in [-0.15, -0.1) is 0 Å². The van der Waals surface area contributed by atoms with Crippen LogP contribution in [-0.4, -0.2) is 23.2 Å². The normalized spacial score (nSPS) is 14.1. The van der Waals surface area contributed by atoms with E-state index in [9.17, 15) is 9.18 Å². The van der Waals surface area contributed by atoms with Crippen molar-refractivity contribution >= 4 is 5.91 Å². The van der Waals surface area contributed by atoms with Gasteiger partial charge in [-0.05, 0) is 38.3 Å². The Morgan fingerprint density at radius 1 is 1.50 bits per heavy atom. The summed E-state index contributed by atoms with van der Waals surface area (Å²) in [5, 5.41) is 11.8. The molecule has 0 spiro atoms. The molecule has 18 heavy (non-hydrogen) atoms. The fraction of sp³-hybridized carbons (Fsp3) is 0.500. The van der Waals surface area contributed by atoms with Crippen LogP contribution in [0, 0.1) is 12.7 Å². The number of rotatable bonds is 5. The molecule has 0 saturated carbocycles. The highest BCUT2D eigenvalue weighted by atomic mass is 19.1. The molecule has 0 radical (unpaired) electrons. The van der Waals surface area contributed by atoms with E-state index >= 15 is 0 Å². The summed E-state index contributed by atoms with van der Waals surface area (Å²) < 4.78 is 13.8. The lowest BCUT2D eigenvalue weighted by atomic mass is 9.94. The van der Waals surface area contributed by atoms with Crippen LogP contribution in [0.3, 0.4) is 0 Å². The fourth-order valence-corrected chi connectivity index (χ4v) is 1.74. The fourth-order valence-electron chi connectivity index (χ4n) is 1.74. The average molecular weight is 253 g/mol. The van der Waals surface area contributed by atoms with Crippen molar-refractivity contribution < 1.29 is 14.3 Å². The van der Waals surface area contributed by atoms with E-state index in [-0.39, 0.29) is 12.2 Å². The number of amides is 1. The highest BCUT2D eigenvalue weighted by molar-refractivity contribution is 5.95. The maximum atomic E-state index is 13.8. The van der Waals surface area contributed by atoms with Gasteiger partial charge in [0.1, 0.15) is 5.82 Å². The van der Waals surface area contributed by atoms with Gasteiger partial charge in [0.15, 0.2) is 0 Å². The minimum atomic E-state index is -0.512. The zero-order valence-electron chi connectivity index (χ0n) is 11.1. The van der Waals surface area contributed by atoms with Crippen LogP contribution in [0.1, 0.15) is 42.6 Å². The predicted octanol–water partition coefficient (Wildman–Crippen LogP) is 2.42. The summed E-state index contributed by atoms with van der Waals surface area (Å²) in [6.07, 6.45) is 1.12. The van der Waals surface area contributed by atoms with Gasteiger partial charge in [-0.25, -0.2) is 4.39 Å². The Bertz CT molecular complexity index is 434. The standard InChI is InChI=1S/C14H20FNO2/c1-4-14(3,8-9-17)16-13(18)11-7-5-6-10(2)12(11)15/h5-7,17H,4,8-9H2,1-3H3,(H,16,18). The molecule has 4 heteroatoms. The lowest BCUT2D eigenvalue weighted by Gasteiger charge is -2.29. The first-order chi connectivity index (χ1) is 8.43. The van der Waals surface area contributed by atoms with Crippen molar-refractivity contribution in [1.82, 2.24) is 5.32 Å². The second kappa shape index (κ2) is 5.96. The zero-order valence-corrected chi connectivity index (χ0v) is 11.1. The van der Waals surface area contributed by atoms with Gasteiger partial charge in [-0.2, -0.15) is 0 Å². The number of hydrogen-bond donors (Lipinski definition) is 2. The second-order valence-electron chi connectivity index (χ2n) is 4.78. The van der Waals surface area contributed by atoms with E-state index in [1.165, 1.54) is 6.07 Å². The van der Waals surface area contributed by atoms with Gasteiger partial charge in [-0.3, -0.25) is 4.79 Å². The molecule has 0 aliphatic rings. The molecule has 0 bridgehead atoms. The quantitative estimate of drug-likeness (QED) is 0.846. The van der Waals surface area contributed by atoms with Crippen LogP contribution >= 0.6 is 0 Å². The van der Waals surface area contributed by atoms with Gasteiger partial charge in [0.2, 0.25) is 0 Å². The first kappa shape index (κ1) is 14.6. The molecule has 0 heterocycles. The van der Waals surface area contributed by atoms with E-state index < -0.39 is 17.3 Å². The number of benzene rings is 1. The molecule has 1 aromatic carbocycles. The molecule has 1 amide bonds. The van der Waals surface area contributed by atoms with Crippen LogP contribution in [-0.2, 0) is 0 Å². The molecule has 1 rings (SSSR count). The van der Waals surface area contributed by atoms with Crippen LogP contribution in [0.15, 0.2) is 18.2 Å². The van der Waals surface area contributed by atoms with Gasteiger partial charge in [0.25, 0.3) is 5.91 Å². The molecule has 1 aromatic rings. The molecular formula is C14H20FNO2. The molecule has 2 N–H and O–H groups in total. The monoisotopic (exact) mass is 253 g/mol. The highest BCUT2D eigenvalue weighted by Crippen LogP contribution is 2.17. The summed E-state index contributed by atoms with van der Waals surface area (Å²) in [4.78, 5) is 12.0. The third-order valence-corrected chi connectivity index (χ3v) is 3.30. The molecule has 0 aliphatic heterocycles. The number of aliphatic hydroxyl groups is 1. The van der Waals surface area contributed by atoms with Crippen molar-refractivity contribution in [2.75, 3.05) is 6.61 Å². The number of halogens is 1. The van der Waals surface area contributed by atoms with Crippen LogP contribution < -0.4 is 5.32 Å². The summed E-state index contributed by atoms with van der Waals surface area (Å²) in [6, 6.07) is 4.74. The summed E-state index contributed by atoms with van der Waals surface area (Å²) in [5.74, 6) is -0.925. The van der Waals surface area contributed by atoms with Crippen molar-refractivity contribution in [2.45, 2.75) is 39.2 Å². The van der Waals surface area contributed by atoms with E-state index in [4.69, 9.17) is 5.11 Å². The Kier molecular flexibility index (Phi) is 4.84. The number of aliphatic hydroxyl groups excluding tert-OH is 1. The summed E-state index contributed by atoms with van der Waals surface area (Å²) >= 11 is 0. The lowest BCUT2D eigenvalue weighted by molar-refractivity contribution is 0.0882. The van der Waals surface area contributed by atoms with Crippen molar-refractivity contribution in [2.24, 2.45) is 0 Å². The van der Waals surface area contributed by atoms with Gasteiger partial charge in [0.05, 0.1) is 5.56 Å². The highest BCUT2D eigenvalue weighted by Gasteiger charge is 2.25. The number of nitrogens with one attached hydrogen (secondary N) is 1. The van der Waals surface area contributed by atoms with Crippen LogP contribution in [0.2, 0.25) is 0 Å². The molecule has 0 fully saturated rings. The Labute approximate surface area is 107 Å². The molecule has 100 valence electrons. The van der Waals surface area contributed by atoms with E-state index in [0.29, 0.717) is 18.4 Å². The third-order valence-electron chi connectivity index (χ3n) is 3.30. The minimum Gasteiger partial charge on any atom is -0.396 e. The summed E-state index contributed by atoms with van der Waals surface area (Å²) in [6.45, 7) is 5.37. The Balaban J connectivity index is 2.91. The zero-order chi connectivity index (χ0) is 13.8. The lowest BCUT2D eigenvalue weighted by Crippen LogP contribution is -2.46. The Morgan fingerprint density at radius 3 is 2.72 bits per heavy atom. The SMILES string of the molecule is CCC(C)(CCO)NC(=O)c1cccc(C)c1F. The van der Waals surface area contributed by atoms with Crippen LogP contribution in [0.4, 0.5) is 4.39 Å². The first-order valence-electron chi connectivity index (χ1n) is 6.12. The van der Waals surface area contributed by atoms with Crippen molar-refractivity contribution in [3.63, 3.8) is 0 Å². The van der Waals surface area contributed by atoms with Gasteiger partial charge >= 0.3 is 0 Å². The molecule has 1 atom stereocenters. The summed E-state index contributed by atoms with van der Waals surface area (Å²) in [7, 11) is 0. The molecule has 3 nitrogen and oxygen atoms in total. The van der Waals surface area contributed by atoms with Crippen molar-refractivity contribution in [3.05, 3.63) is 35.1 Å². The Morgan fingerprint density at radius 2 is 2.17 bits per heavy atom. The maximum absolute atomic E-state index is 13.8. The van der Waals surface area contributed by atoms with Gasteiger partial charge in [-0.1, -0.05) is 19.1 Å². The van der Waals surface area contributed by atoms with Crippen molar-refractivity contribution in [1.29, 1.82) is 0 Å². The minimum absolute atomic E-state index is 0.0130. The number of carbonyl (C=O) groups is 1. The largest absolute Gasteiger partial charge is 0.396 e. The second-order valence-corrected chi connectivity index (χ2v) is 4.78. The van der Waals surface area contributed by atoms with Gasteiger partial charge in [0, 0.05) is 12.1 Å². The molecule has 0 aromatic heterocycles. The number of hydrogen-bond acceptors (Lipinski definition) is 2. The third kappa shape index (κ3) is 3.29. The predicted molar refractivity (Wildman–Crippen MR) is 69.0 cm³/mol. The van der Waals surface area contributed by atoms with Crippen LogP contribution in [0.25, 0.3) is 0 Å². The first-order valence-corrected chi connectivity index (χ1v) is 6.12. The average Bonchev–Trinajstić information content (AvgIpc) is 2.32. The van der Waals surface area contributed by atoms with Gasteiger partial charge < -0.3 is 10.4 Å². The number of aryl methyl sites for hydroxylation is 1. The topological polar surface area (TPSA) is 49.3 Å². The van der Waals surface area contributed by atoms with E-state index in [1.807, 2.05) is 13.8 Å². The molecule has 0 aliphatic carbocycles. The maximum Gasteiger partial charge on any atom is 0.254 e. The van der Waals surface area contributed by atoms with Crippen molar-refractivity contribution in [3.8, 4) is 0 Å². The molecule has 0 saturated heterocycles. The molecule has 1 unspecified atom stereocenters. The Hall–Kier alpha value is -1.42.